The van der Waals surface area contributed by atoms with Gasteiger partial charge in [-0.25, -0.2) is 0 Å². The van der Waals surface area contributed by atoms with E-state index in [-0.39, 0.29) is 35.5 Å². The maximum absolute atomic E-state index is 9.81. The molecule has 0 aliphatic carbocycles. The molecule has 0 saturated heterocycles. The first-order valence-corrected chi connectivity index (χ1v) is 1.90. The number of carbonyl (C=O) groups excluding carboxylic acids is 1. The van der Waals surface area contributed by atoms with Crippen LogP contribution in [-0.4, -0.2) is 5.91 Å². The fourth-order valence-electron chi connectivity index (χ4n) is 0. The molecule has 0 aliphatic heterocycles. The van der Waals surface area contributed by atoms with Gasteiger partial charge in [0.05, 0.1) is 5.91 Å². The van der Waals surface area contributed by atoms with Crippen LogP contribution in [0.2, 0.25) is 0 Å². The van der Waals surface area contributed by atoms with E-state index in [1.54, 1.807) is 13.8 Å². The van der Waals surface area contributed by atoms with Crippen LogP contribution >= 0.6 is 0 Å². The van der Waals surface area contributed by atoms with Crippen molar-refractivity contribution in [1.29, 1.82) is 0 Å². The zero-order chi connectivity index (χ0) is 5.15. The van der Waals surface area contributed by atoms with Crippen LogP contribution in [0.1, 0.15) is 13.8 Å². The van der Waals surface area contributed by atoms with Crippen LogP contribution in [0, 0.1) is 5.92 Å². The molecular formula is C4H8NNaO. The van der Waals surface area contributed by atoms with Crippen molar-refractivity contribution >= 4 is 5.91 Å². The molecule has 1 amide bonds. The van der Waals surface area contributed by atoms with Crippen LogP contribution in [0.3, 0.4) is 0 Å². The third-order valence-electron chi connectivity index (χ3n) is 0.524. The first-order chi connectivity index (χ1) is 2.64. The van der Waals surface area contributed by atoms with Crippen LogP contribution in [0.25, 0.3) is 5.73 Å². The summed E-state index contributed by atoms with van der Waals surface area (Å²) in [5, 5.41) is 0. The molecule has 0 unspecified atom stereocenters. The fourth-order valence-corrected chi connectivity index (χ4v) is 0. The van der Waals surface area contributed by atoms with E-state index in [1.807, 2.05) is 0 Å². The quantitative estimate of drug-likeness (QED) is 0.367. The number of nitrogens with one attached hydrogen (secondary N) is 1. The van der Waals surface area contributed by atoms with Gasteiger partial charge in [0.25, 0.3) is 0 Å². The van der Waals surface area contributed by atoms with Gasteiger partial charge >= 0.3 is 29.6 Å². The monoisotopic (exact) mass is 109 g/mol. The van der Waals surface area contributed by atoms with Gasteiger partial charge < -0.3 is 10.5 Å². The normalized spacial score (nSPS) is 7.86. The predicted molar refractivity (Wildman–Crippen MR) is 24.2 cm³/mol. The Bertz CT molecular complexity index is 62.7. The Kier molecular flexibility index (Phi) is 6.90. The van der Waals surface area contributed by atoms with E-state index in [0.29, 0.717) is 0 Å². The third kappa shape index (κ3) is 6.47. The van der Waals surface area contributed by atoms with Gasteiger partial charge in [0.1, 0.15) is 0 Å². The molecule has 0 saturated carbocycles. The summed E-state index contributed by atoms with van der Waals surface area (Å²) in [6.07, 6.45) is 0. The maximum atomic E-state index is 9.81. The van der Waals surface area contributed by atoms with Gasteiger partial charge in [0, 0.05) is 0 Å². The van der Waals surface area contributed by atoms with Crippen molar-refractivity contribution in [1.82, 2.24) is 0 Å². The molecule has 3 heteroatoms. The second-order valence-electron chi connectivity index (χ2n) is 1.52. The van der Waals surface area contributed by atoms with Gasteiger partial charge in [-0.1, -0.05) is 13.8 Å². The summed E-state index contributed by atoms with van der Waals surface area (Å²) in [7, 11) is 0. The molecule has 0 aromatic heterocycles. The minimum atomic E-state index is -0.491. The van der Waals surface area contributed by atoms with E-state index in [1.165, 1.54) is 0 Å². The molecule has 0 heterocycles. The first-order valence-electron chi connectivity index (χ1n) is 1.90. The van der Waals surface area contributed by atoms with Crippen molar-refractivity contribution in [3.05, 3.63) is 5.73 Å². The molecule has 0 spiro atoms. The van der Waals surface area contributed by atoms with Crippen LogP contribution in [-0.2, 0) is 4.79 Å². The average Bonchev–Trinajstić information content (AvgIpc) is 1.36. The summed E-state index contributed by atoms with van der Waals surface area (Å²) >= 11 is 0. The van der Waals surface area contributed by atoms with Gasteiger partial charge in [-0.05, 0) is 5.92 Å². The average molecular weight is 109 g/mol. The summed E-state index contributed by atoms with van der Waals surface area (Å²) in [5.74, 6) is -0.611. The molecule has 1 N–H and O–H groups in total. The minimum Gasteiger partial charge on any atom is -0.668 e. The minimum absolute atomic E-state index is 0. The van der Waals surface area contributed by atoms with E-state index < -0.39 is 5.91 Å². The van der Waals surface area contributed by atoms with Crippen molar-refractivity contribution in [3.63, 3.8) is 0 Å². The van der Waals surface area contributed by atoms with Gasteiger partial charge in [0.2, 0.25) is 0 Å². The molecule has 0 radical (unpaired) electrons. The summed E-state index contributed by atoms with van der Waals surface area (Å²) in [6, 6.07) is 0. The van der Waals surface area contributed by atoms with Crippen LogP contribution < -0.4 is 29.6 Å². The SMILES string of the molecule is CC(C)C([NH-])=O.[Na+]. The standard InChI is InChI=1S/C4H9NO.Na/c1-3(2)4(5)6;/h3H,1-2H3,(H2,5,6);/q;+1/p-1. The molecular weight excluding hydrogens is 101 g/mol. The molecule has 2 nitrogen and oxygen atoms in total. The molecule has 7 heavy (non-hydrogen) atoms. The maximum Gasteiger partial charge on any atom is 1.00 e. The van der Waals surface area contributed by atoms with Crippen LogP contribution in [0.15, 0.2) is 0 Å². The van der Waals surface area contributed by atoms with E-state index in [0.717, 1.165) is 0 Å². The molecule has 0 aromatic carbocycles. The van der Waals surface area contributed by atoms with Crippen LogP contribution in [0.5, 0.6) is 0 Å². The number of carbonyl (C=O) groups is 1. The van der Waals surface area contributed by atoms with E-state index in [4.69, 9.17) is 5.73 Å². The molecule has 0 fully saturated rings. The zero-order valence-corrected chi connectivity index (χ0v) is 6.99. The molecule has 0 aromatic rings. The number of hydrogen-bond donors (Lipinski definition) is 0. The second kappa shape index (κ2) is 4.62. The third-order valence-corrected chi connectivity index (χ3v) is 0.524. The summed E-state index contributed by atoms with van der Waals surface area (Å²) < 4.78 is 0. The molecule has 0 aliphatic rings. The molecule has 0 rings (SSSR count). The Morgan fingerprint density at radius 1 is 1.57 bits per heavy atom. The Morgan fingerprint density at radius 3 is 1.71 bits per heavy atom. The van der Waals surface area contributed by atoms with Gasteiger partial charge in [0.15, 0.2) is 0 Å². The summed E-state index contributed by atoms with van der Waals surface area (Å²) in [6.45, 7) is 3.41. The summed E-state index contributed by atoms with van der Waals surface area (Å²) in [4.78, 5) is 9.81. The Balaban J connectivity index is 0. The Morgan fingerprint density at radius 2 is 1.71 bits per heavy atom. The van der Waals surface area contributed by atoms with Crippen molar-refractivity contribution in [2.24, 2.45) is 5.92 Å². The topological polar surface area (TPSA) is 40.9 Å². The van der Waals surface area contributed by atoms with Gasteiger partial charge in [-0.2, -0.15) is 0 Å². The van der Waals surface area contributed by atoms with Gasteiger partial charge in [-0.15, -0.1) is 0 Å². The van der Waals surface area contributed by atoms with Crippen molar-refractivity contribution < 1.29 is 34.4 Å². The number of hydrogen-bond acceptors (Lipinski definition) is 1. The van der Waals surface area contributed by atoms with Crippen molar-refractivity contribution in [2.75, 3.05) is 0 Å². The Labute approximate surface area is 65.7 Å². The van der Waals surface area contributed by atoms with Gasteiger partial charge in [-0.3, -0.25) is 0 Å². The van der Waals surface area contributed by atoms with E-state index in [9.17, 15) is 4.79 Å². The smallest absolute Gasteiger partial charge is 0.668 e. The van der Waals surface area contributed by atoms with Crippen molar-refractivity contribution in [2.45, 2.75) is 13.8 Å². The zero-order valence-electron chi connectivity index (χ0n) is 4.99. The predicted octanol–water partition coefficient (Wildman–Crippen LogP) is -1.77. The van der Waals surface area contributed by atoms with E-state index in [2.05, 4.69) is 0 Å². The number of amides is 1. The first kappa shape index (κ1) is 10.5. The molecule has 0 atom stereocenters. The Hall–Kier alpha value is 0.470. The second-order valence-corrected chi connectivity index (χ2v) is 1.52. The van der Waals surface area contributed by atoms with Crippen molar-refractivity contribution in [3.8, 4) is 0 Å². The summed E-state index contributed by atoms with van der Waals surface area (Å²) in [5.41, 5.74) is 6.39. The largest absolute Gasteiger partial charge is 1.00 e. The van der Waals surface area contributed by atoms with E-state index >= 15 is 0 Å². The van der Waals surface area contributed by atoms with Crippen LogP contribution in [0.4, 0.5) is 0 Å². The number of rotatable bonds is 1. The fraction of sp³-hybridized carbons (Fsp3) is 0.750. The molecule has 36 valence electrons. The molecule has 0 bridgehead atoms.